The lowest BCUT2D eigenvalue weighted by Crippen LogP contribution is -2.18. The highest BCUT2D eigenvalue weighted by Gasteiger charge is 2.19. The molecule has 0 bridgehead atoms. The van der Waals surface area contributed by atoms with Crippen LogP contribution in [0.2, 0.25) is 0 Å². The van der Waals surface area contributed by atoms with E-state index < -0.39 is 5.76 Å². The van der Waals surface area contributed by atoms with Crippen molar-refractivity contribution in [3.05, 3.63) is 105 Å². The van der Waals surface area contributed by atoms with Gasteiger partial charge in [0.15, 0.2) is 5.82 Å². The second kappa shape index (κ2) is 8.32. The molecule has 3 aromatic carbocycles. The summed E-state index contributed by atoms with van der Waals surface area (Å²) in [6.07, 6.45) is 0. The Hall–Kier alpha value is -3.91. The van der Waals surface area contributed by atoms with Crippen molar-refractivity contribution >= 4 is 38.4 Å². The van der Waals surface area contributed by atoms with Crippen LogP contribution in [0.3, 0.4) is 0 Å². The van der Waals surface area contributed by atoms with E-state index in [-0.39, 0.29) is 11.7 Å². The van der Waals surface area contributed by atoms with Crippen LogP contribution in [0.15, 0.2) is 92.7 Å². The van der Waals surface area contributed by atoms with Crippen LogP contribution in [-0.4, -0.2) is 20.6 Å². The molecule has 7 nitrogen and oxygen atoms in total. The monoisotopic (exact) mass is 488 g/mol. The van der Waals surface area contributed by atoms with Crippen molar-refractivity contribution in [1.29, 1.82) is 0 Å². The fourth-order valence-electron chi connectivity index (χ4n) is 3.69. The van der Waals surface area contributed by atoms with Crippen LogP contribution in [0.5, 0.6) is 0 Å². The Balaban J connectivity index is 1.55. The summed E-state index contributed by atoms with van der Waals surface area (Å²) < 4.78 is 7.40. The molecule has 0 aliphatic heterocycles. The van der Waals surface area contributed by atoms with Crippen LogP contribution in [0.4, 0.5) is 5.69 Å². The lowest BCUT2D eigenvalue weighted by Gasteiger charge is -2.13. The highest BCUT2D eigenvalue weighted by molar-refractivity contribution is 9.10. The number of benzene rings is 3. The van der Waals surface area contributed by atoms with E-state index in [4.69, 9.17) is 0 Å². The molecule has 1 amide bonds. The normalized spacial score (nSPS) is 11.0. The van der Waals surface area contributed by atoms with Crippen LogP contribution >= 0.6 is 15.9 Å². The Bertz CT molecular complexity index is 1480. The lowest BCUT2D eigenvalue weighted by atomic mass is 10.1. The summed E-state index contributed by atoms with van der Waals surface area (Å²) in [7, 11) is 0. The van der Waals surface area contributed by atoms with Crippen LogP contribution in [-0.2, 0) is 6.54 Å². The molecule has 5 rings (SSSR count). The van der Waals surface area contributed by atoms with Gasteiger partial charge in [-0.3, -0.25) is 14.3 Å². The first kappa shape index (κ1) is 20.0. The number of para-hydroxylation sites is 1. The number of nitrogens with zero attached hydrogens (tertiary/aromatic N) is 2. The molecule has 0 unspecified atom stereocenters. The Kier molecular flexibility index (Phi) is 5.20. The highest BCUT2D eigenvalue weighted by atomic mass is 79.9. The number of aromatic nitrogens is 3. The van der Waals surface area contributed by atoms with Gasteiger partial charge in [-0.1, -0.05) is 69.6 Å². The van der Waals surface area contributed by atoms with E-state index in [9.17, 15) is 9.59 Å². The smallest absolute Gasteiger partial charge is 0.332 e. The molecule has 0 fully saturated rings. The van der Waals surface area contributed by atoms with E-state index in [1.54, 1.807) is 18.2 Å². The van der Waals surface area contributed by atoms with Gasteiger partial charge in [-0.25, -0.2) is 4.79 Å². The van der Waals surface area contributed by atoms with E-state index in [1.807, 2.05) is 65.2 Å². The van der Waals surface area contributed by atoms with Crippen molar-refractivity contribution in [2.45, 2.75) is 6.54 Å². The lowest BCUT2D eigenvalue weighted by molar-refractivity contribution is 0.101. The Morgan fingerprint density at radius 2 is 1.81 bits per heavy atom. The zero-order valence-electron chi connectivity index (χ0n) is 16.7. The molecular formula is C24H17BrN4O3. The van der Waals surface area contributed by atoms with Crippen molar-refractivity contribution in [1.82, 2.24) is 14.7 Å². The van der Waals surface area contributed by atoms with Crippen LogP contribution in [0.1, 0.15) is 16.1 Å². The number of nitrogens with one attached hydrogen (secondary N) is 2. The predicted molar refractivity (Wildman–Crippen MR) is 126 cm³/mol. The van der Waals surface area contributed by atoms with Crippen molar-refractivity contribution < 1.29 is 9.32 Å². The molecule has 0 aliphatic carbocycles. The third kappa shape index (κ3) is 3.88. The average molecular weight is 489 g/mol. The number of rotatable bonds is 5. The molecule has 2 heterocycles. The Labute approximate surface area is 190 Å². The molecule has 0 saturated carbocycles. The van der Waals surface area contributed by atoms with E-state index in [1.165, 1.54) is 0 Å². The molecular weight excluding hydrogens is 472 g/mol. The number of amides is 1. The third-order valence-electron chi connectivity index (χ3n) is 5.15. The molecule has 0 aliphatic rings. The Morgan fingerprint density at radius 3 is 2.59 bits per heavy atom. The first-order valence-corrected chi connectivity index (χ1v) is 10.7. The fraction of sp³-hybridized carbons (Fsp3) is 0.0417. The van der Waals surface area contributed by atoms with Crippen molar-refractivity contribution in [2.24, 2.45) is 0 Å². The van der Waals surface area contributed by atoms with Gasteiger partial charge in [0.05, 0.1) is 5.69 Å². The maximum Gasteiger partial charge on any atom is 0.439 e. The number of aromatic amines is 1. The minimum absolute atomic E-state index is 0.233. The number of carbonyl (C=O) groups excluding carboxylic acids is 1. The van der Waals surface area contributed by atoms with E-state index in [2.05, 4.69) is 35.9 Å². The van der Waals surface area contributed by atoms with Crippen LogP contribution in [0.25, 0.3) is 22.3 Å². The van der Waals surface area contributed by atoms with Gasteiger partial charge in [0.2, 0.25) is 0 Å². The number of fused-ring (bicyclic) bond motifs is 1. The Morgan fingerprint density at radius 1 is 1.03 bits per heavy atom. The zero-order chi connectivity index (χ0) is 22.1. The zero-order valence-corrected chi connectivity index (χ0v) is 18.3. The molecule has 0 spiro atoms. The molecule has 0 radical (unpaired) electrons. The van der Waals surface area contributed by atoms with Crippen molar-refractivity contribution in [3.63, 3.8) is 0 Å². The molecule has 8 heteroatoms. The van der Waals surface area contributed by atoms with Gasteiger partial charge in [-0.05, 0) is 35.9 Å². The summed E-state index contributed by atoms with van der Waals surface area (Å²) in [6.45, 7) is 0.556. The number of carbonyl (C=O) groups is 1. The first-order valence-electron chi connectivity index (χ1n) is 9.88. The molecule has 158 valence electrons. The molecule has 2 N–H and O–H groups in total. The summed E-state index contributed by atoms with van der Waals surface area (Å²) in [5, 5.41) is 7.70. The van der Waals surface area contributed by atoms with Gasteiger partial charge in [0, 0.05) is 27.5 Å². The van der Waals surface area contributed by atoms with Crippen LogP contribution < -0.4 is 11.1 Å². The van der Waals surface area contributed by atoms with Crippen LogP contribution in [0, 0.1) is 0 Å². The van der Waals surface area contributed by atoms with Gasteiger partial charge in [-0.2, -0.15) is 0 Å². The van der Waals surface area contributed by atoms with Gasteiger partial charge < -0.3 is 9.88 Å². The van der Waals surface area contributed by atoms with Crippen molar-refractivity contribution in [3.8, 4) is 11.4 Å². The first-order chi connectivity index (χ1) is 15.6. The van der Waals surface area contributed by atoms with E-state index in [0.717, 1.165) is 20.9 Å². The number of hydrogen-bond acceptors (Lipinski definition) is 4. The summed E-state index contributed by atoms with van der Waals surface area (Å²) in [5.41, 5.74) is 3.62. The third-order valence-corrected chi connectivity index (χ3v) is 5.65. The number of anilines is 1. The topological polar surface area (TPSA) is 92.9 Å². The molecule has 0 saturated heterocycles. The largest absolute Gasteiger partial charge is 0.439 e. The minimum Gasteiger partial charge on any atom is -0.332 e. The van der Waals surface area contributed by atoms with Gasteiger partial charge in [0.25, 0.3) is 5.91 Å². The minimum atomic E-state index is -0.666. The summed E-state index contributed by atoms with van der Waals surface area (Å²) in [4.78, 5) is 27.4. The fourth-order valence-corrected chi connectivity index (χ4v) is 4.05. The van der Waals surface area contributed by atoms with E-state index in [0.29, 0.717) is 23.5 Å². The maximum atomic E-state index is 13.4. The average Bonchev–Trinajstić information content (AvgIpc) is 3.40. The quantitative estimate of drug-likeness (QED) is 0.362. The second-order valence-electron chi connectivity index (χ2n) is 7.25. The summed E-state index contributed by atoms with van der Waals surface area (Å²) in [5.74, 6) is -0.705. The number of halogens is 1. The molecule has 0 atom stereocenters. The van der Waals surface area contributed by atoms with Crippen molar-refractivity contribution in [2.75, 3.05) is 5.32 Å². The van der Waals surface area contributed by atoms with Gasteiger partial charge in [0.1, 0.15) is 5.69 Å². The predicted octanol–water partition coefficient (Wildman–Crippen LogP) is 5.05. The summed E-state index contributed by atoms with van der Waals surface area (Å²) in [6, 6.07) is 25.1. The maximum absolute atomic E-state index is 13.4. The van der Waals surface area contributed by atoms with E-state index >= 15 is 0 Å². The molecule has 32 heavy (non-hydrogen) atoms. The standard InChI is InChI=1S/C24H17BrN4O3/c25-17-10-11-19(18(13-17)22-27-24(31)32-28-22)26-23(30)21-12-16-8-4-5-9-20(16)29(21)14-15-6-2-1-3-7-15/h1-13H,14H2,(H,26,30)(H,27,28,31). The van der Waals surface area contributed by atoms with Gasteiger partial charge in [-0.15, -0.1) is 0 Å². The number of H-pyrrole nitrogens is 1. The summed E-state index contributed by atoms with van der Waals surface area (Å²) >= 11 is 3.42. The molecule has 2 aromatic heterocycles. The SMILES string of the molecule is O=C(Nc1ccc(Br)cc1-c1noc(=O)[nH]1)c1cc2ccccc2n1Cc1ccccc1. The second-order valence-corrected chi connectivity index (χ2v) is 8.16. The number of hydrogen-bond donors (Lipinski definition) is 2. The highest BCUT2D eigenvalue weighted by Crippen LogP contribution is 2.29. The van der Waals surface area contributed by atoms with Gasteiger partial charge >= 0.3 is 5.76 Å². The molecule has 5 aromatic rings.